The standard InChI is InChI=1S/C23H29N5O5S/c1-2-6-19(23(31)27-34(32,33)17-9-10-17)25-22(30)18-14-28(13-16-12-24-26-21(16)18)20(29)11-15-7-4-3-5-8-15/h3-5,7-8,12,17-19H,2,6,9-11,13-14H2,1H3,(H,24,26)(H,25,30)(H,27,31)/t18?,19-/m0/s1. The zero-order chi connectivity index (χ0) is 24.3. The molecule has 2 heterocycles. The van der Waals surface area contributed by atoms with Gasteiger partial charge in [0.2, 0.25) is 21.8 Å². The molecule has 11 heteroatoms. The van der Waals surface area contributed by atoms with Crippen LogP contribution in [0.25, 0.3) is 0 Å². The number of aromatic amines is 1. The summed E-state index contributed by atoms with van der Waals surface area (Å²) in [6.45, 7) is 2.31. The first-order valence-corrected chi connectivity index (χ1v) is 13.0. The number of sulfonamides is 1. The SMILES string of the molecule is CCC[C@H](NC(=O)C1CN(C(=O)Cc2ccccc2)Cc2cn[nH]c21)C(=O)NS(=O)(=O)C1CC1. The van der Waals surface area contributed by atoms with E-state index >= 15 is 0 Å². The van der Waals surface area contributed by atoms with Gasteiger partial charge in [0.25, 0.3) is 5.91 Å². The highest BCUT2D eigenvalue weighted by atomic mass is 32.2. The number of hydrogen-bond donors (Lipinski definition) is 3. The normalized spacial score (nSPS) is 18.6. The number of hydrogen-bond acceptors (Lipinski definition) is 6. The van der Waals surface area contributed by atoms with Crippen LogP contribution in [-0.4, -0.2) is 59.1 Å². The Kier molecular flexibility index (Phi) is 7.01. The summed E-state index contributed by atoms with van der Waals surface area (Å²) in [5, 5.41) is 9.06. The van der Waals surface area contributed by atoms with E-state index in [0.717, 1.165) is 11.1 Å². The van der Waals surface area contributed by atoms with Crippen LogP contribution in [0, 0.1) is 0 Å². The number of H-pyrrole nitrogens is 1. The highest BCUT2D eigenvalue weighted by Crippen LogP contribution is 2.28. The van der Waals surface area contributed by atoms with Gasteiger partial charge < -0.3 is 10.2 Å². The smallest absolute Gasteiger partial charge is 0.256 e. The van der Waals surface area contributed by atoms with Crippen LogP contribution in [0.2, 0.25) is 0 Å². The van der Waals surface area contributed by atoms with Crippen LogP contribution in [0.1, 0.15) is 55.3 Å². The predicted molar refractivity (Wildman–Crippen MR) is 124 cm³/mol. The van der Waals surface area contributed by atoms with Gasteiger partial charge in [-0.2, -0.15) is 5.10 Å². The molecule has 34 heavy (non-hydrogen) atoms. The first-order chi connectivity index (χ1) is 16.3. The number of carbonyl (C=O) groups excluding carboxylic acids is 3. The second kappa shape index (κ2) is 9.96. The van der Waals surface area contributed by atoms with Crippen molar-refractivity contribution in [2.75, 3.05) is 6.54 Å². The van der Waals surface area contributed by atoms with Gasteiger partial charge in [0.1, 0.15) is 6.04 Å². The van der Waals surface area contributed by atoms with Gasteiger partial charge in [-0.25, -0.2) is 8.42 Å². The molecule has 3 N–H and O–H groups in total. The predicted octanol–water partition coefficient (Wildman–Crippen LogP) is 0.972. The quantitative estimate of drug-likeness (QED) is 0.481. The monoisotopic (exact) mass is 487 g/mol. The molecule has 1 aliphatic carbocycles. The third-order valence-corrected chi connectivity index (χ3v) is 7.98. The zero-order valence-electron chi connectivity index (χ0n) is 19.0. The molecule has 182 valence electrons. The molecule has 2 aliphatic rings. The highest BCUT2D eigenvalue weighted by Gasteiger charge is 2.39. The number of nitrogens with zero attached hydrogens (tertiary/aromatic N) is 2. The van der Waals surface area contributed by atoms with E-state index in [-0.39, 0.29) is 25.3 Å². The second-order valence-corrected chi connectivity index (χ2v) is 10.8. The molecule has 2 aromatic rings. The molecule has 0 saturated heterocycles. The number of amides is 3. The number of rotatable bonds is 9. The Morgan fingerprint density at radius 3 is 2.62 bits per heavy atom. The molecule has 3 amide bonds. The lowest BCUT2D eigenvalue weighted by Crippen LogP contribution is -2.52. The van der Waals surface area contributed by atoms with Gasteiger partial charge in [-0.15, -0.1) is 0 Å². The summed E-state index contributed by atoms with van der Waals surface area (Å²) in [4.78, 5) is 40.5. The van der Waals surface area contributed by atoms with E-state index in [1.54, 1.807) is 11.1 Å². The van der Waals surface area contributed by atoms with Crippen LogP contribution >= 0.6 is 0 Å². The highest BCUT2D eigenvalue weighted by molar-refractivity contribution is 7.90. The Labute approximate surface area is 198 Å². The molecule has 10 nitrogen and oxygen atoms in total. The van der Waals surface area contributed by atoms with Crippen molar-refractivity contribution in [3.8, 4) is 0 Å². The van der Waals surface area contributed by atoms with Gasteiger partial charge in [-0.3, -0.25) is 24.2 Å². The Hall–Kier alpha value is -3.21. The van der Waals surface area contributed by atoms with Crippen molar-refractivity contribution in [3.63, 3.8) is 0 Å². The van der Waals surface area contributed by atoms with E-state index in [2.05, 4.69) is 20.2 Å². The lowest BCUT2D eigenvalue weighted by molar-refractivity contribution is -0.134. The molecular formula is C23H29N5O5S. The molecule has 1 fully saturated rings. The maximum Gasteiger partial charge on any atom is 0.256 e. The van der Waals surface area contributed by atoms with E-state index in [4.69, 9.17) is 0 Å². The lowest BCUT2D eigenvalue weighted by atomic mass is 9.94. The molecule has 1 unspecified atom stereocenters. The summed E-state index contributed by atoms with van der Waals surface area (Å²) in [7, 11) is -3.72. The summed E-state index contributed by atoms with van der Waals surface area (Å²) < 4.78 is 26.5. The fourth-order valence-electron chi connectivity index (χ4n) is 4.12. The average Bonchev–Trinajstić information content (AvgIpc) is 3.57. The van der Waals surface area contributed by atoms with Crippen LogP contribution in [0.3, 0.4) is 0 Å². The van der Waals surface area contributed by atoms with E-state index in [1.165, 1.54) is 0 Å². The van der Waals surface area contributed by atoms with Gasteiger partial charge in [0.15, 0.2) is 0 Å². The van der Waals surface area contributed by atoms with Crippen LogP contribution in [0.5, 0.6) is 0 Å². The summed E-state index contributed by atoms with van der Waals surface area (Å²) in [6, 6.07) is 8.37. The summed E-state index contributed by atoms with van der Waals surface area (Å²) in [5.41, 5.74) is 2.21. The molecule has 0 bridgehead atoms. The minimum absolute atomic E-state index is 0.116. The number of benzene rings is 1. The molecule has 1 aromatic heterocycles. The molecule has 4 rings (SSSR count). The lowest BCUT2D eigenvalue weighted by Gasteiger charge is -2.32. The average molecular weight is 488 g/mol. The Balaban J connectivity index is 1.47. The molecule has 1 saturated carbocycles. The molecule has 0 radical (unpaired) electrons. The second-order valence-electron chi connectivity index (χ2n) is 8.86. The zero-order valence-corrected chi connectivity index (χ0v) is 19.8. The number of nitrogens with one attached hydrogen (secondary N) is 3. The third kappa shape index (κ3) is 5.46. The maximum absolute atomic E-state index is 13.3. The minimum Gasteiger partial charge on any atom is -0.344 e. The topological polar surface area (TPSA) is 141 Å². The van der Waals surface area contributed by atoms with Gasteiger partial charge in [0, 0.05) is 18.7 Å². The fraction of sp³-hybridized carbons (Fsp3) is 0.478. The van der Waals surface area contributed by atoms with E-state index < -0.39 is 39.0 Å². The summed E-state index contributed by atoms with van der Waals surface area (Å²) in [5.74, 6) is -2.06. The van der Waals surface area contributed by atoms with E-state index in [0.29, 0.717) is 31.5 Å². The van der Waals surface area contributed by atoms with Crippen molar-refractivity contribution >= 4 is 27.7 Å². The summed E-state index contributed by atoms with van der Waals surface area (Å²) in [6.07, 6.45) is 3.73. The van der Waals surface area contributed by atoms with Crippen LogP contribution in [0.15, 0.2) is 36.5 Å². The van der Waals surface area contributed by atoms with Gasteiger partial charge >= 0.3 is 0 Å². The van der Waals surface area contributed by atoms with Gasteiger partial charge in [-0.05, 0) is 24.8 Å². The molecular weight excluding hydrogens is 458 g/mol. The number of fused-ring (bicyclic) bond motifs is 1. The Bertz CT molecular complexity index is 1160. The Morgan fingerprint density at radius 2 is 1.94 bits per heavy atom. The molecule has 2 atom stereocenters. The Morgan fingerprint density at radius 1 is 1.21 bits per heavy atom. The first-order valence-electron chi connectivity index (χ1n) is 11.5. The number of carbonyl (C=O) groups is 3. The summed E-state index contributed by atoms with van der Waals surface area (Å²) >= 11 is 0. The van der Waals surface area contributed by atoms with Crippen molar-refractivity contribution in [1.29, 1.82) is 0 Å². The van der Waals surface area contributed by atoms with Crippen molar-refractivity contribution in [2.24, 2.45) is 0 Å². The third-order valence-electron chi connectivity index (χ3n) is 6.15. The van der Waals surface area contributed by atoms with Crippen LogP contribution in [-0.2, 0) is 37.4 Å². The van der Waals surface area contributed by atoms with Crippen molar-refractivity contribution < 1.29 is 22.8 Å². The van der Waals surface area contributed by atoms with Gasteiger partial charge in [0.05, 0.1) is 29.5 Å². The van der Waals surface area contributed by atoms with Crippen molar-refractivity contribution in [2.45, 2.75) is 62.8 Å². The number of aromatic nitrogens is 2. The largest absolute Gasteiger partial charge is 0.344 e. The van der Waals surface area contributed by atoms with Crippen LogP contribution in [0.4, 0.5) is 0 Å². The van der Waals surface area contributed by atoms with Gasteiger partial charge in [-0.1, -0.05) is 43.7 Å². The first kappa shape index (κ1) is 23.9. The van der Waals surface area contributed by atoms with E-state index in [9.17, 15) is 22.8 Å². The minimum atomic E-state index is -3.72. The maximum atomic E-state index is 13.3. The van der Waals surface area contributed by atoms with Crippen molar-refractivity contribution in [1.82, 2.24) is 25.1 Å². The fourth-order valence-corrected chi connectivity index (χ4v) is 5.47. The van der Waals surface area contributed by atoms with Crippen molar-refractivity contribution in [3.05, 3.63) is 53.3 Å². The van der Waals surface area contributed by atoms with Crippen LogP contribution < -0.4 is 10.0 Å². The molecule has 1 aliphatic heterocycles. The molecule has 0 spiro atoms. The molecule has 1 aromatic carbocycles. The van der Waals surface area contributed by atoms with E-state index in [1.807, 2.05) is 37.3 Å².